The highest BCUT2D eigenvalue weighted by atomic mass is 16.4. The molecule has 2 aromatic carbocycles. The normalized spacial score (nSPS) is 10.8. The van der Waals surface area contributed by atoms with Gasteiger partial charge in [0.25, 0.3) is 0 Å². The number of hydrogen-bond acceptors (Lipinski definition) is 6. The molecule has 0 radical (unpaired) electrons. The van der Waals surface area contributed by atoms with Crippen LogP contribution in [-0.4, -0.2) is 83.0 Å². The largest absolute Gasteiger partial charge is 0.480 e. The first-order valence-corrected chi connectivity index (χ1v) is 10.7. The molecule has 0 bridgehead atoms. The quantitative estimate of drug-likeness (QED) is 0.347. The predicted molar refractivity (Wildman–Crippen MR) is 128 cm³/mol. The summed E-state index contributed by atoms with van der Waals surface area (Å²) in [6.07, 6.45) is 0. The summed E-state index contributed by atoms with van der Waals surface area (Å²) in [4.78, 5) is 50.3. The standard InChI is InChI=1S/C24H30N4O6/c1-17-7-3-5-9-19(17)25-21(29)13-27(15-23(31)32)11-12-28(16-24(33)34)14-22(30)26-20-10-6-4-8-18(20)2/h3-10H,11-16H2,1-2H3,(H,25,29)(H,26,30)(H,31,32)(H,33,34). The summed E-state index contributed by atoms with van der Waals surface area (Å²) in [6, 6.07) is 14.4. The van der Waals surface area contributed by atoms with Crippen molar-refractivity contribution in [3.63, 3.8) is 0 Å². The summed E-state index contributed by atoms with van der Waals surface area (Å²) in [6.45, 7) is 2.65. The molecule has 2 amide bonds. The fourth-order valence-electron chi connectivity index (χ4n) is 3.31. The number of benzene rings is 2. The van der Waals surface area contributed by atoms with E-state index >= 15 is 0 Å². The Kier molecular flexibility index (Phi) is 10.2. The highest BCUT2D eigenvalue weighted by molar-refractivity contribution is 5.93. The molecule has 0 aliphatic heterocycles. The van der Waals surface area contributed by atoms with Crippen LogP contribution in [0.3, 0.4) is 0 Å². The molecule has 0 aliphatic rings. The number of rotatable bonds is 13. The van der Waals surface area contributed by atoms with Gasteiger partial charge in [-0.1, -0.05) is 36.4 Å². The van der Waals surface area contributed by atoms with Gasteiger partial charge in [0.15, 0.2) is 0 Å². The minimum absolute atomic E-state index is 0.0818. The zero-order valence-electron chi connectivity index (χ0n) is 19.3. The van der Waals surface area contributed by atoms with Crippen molar-refractivity contribution in [2.75, 3.05) is 49.9 Å². The molecule has 182 valence electrons. The van der Waals surface area contributed by atoms with E-state index in [4.69, 9.17) is 0 Å². The van der Waals surface area contributed by atoms with Crippen LogP contribution in [0.4, 0.5) is 11.4 Å². The molecule has 2 aromatic rings. The Balaban J connectivity index is 1.99. The highest BCUT2D eigenvalue weighted by Gasteiger charge is 2.19. The maximum atomic E-state index is 12.5. The van der Waals surface area contributed by atoms with Gasteiger partial charge in [-0.25, -0.2) is 0 Å². The number of hydrogen-bond donors (Lipinski definition) is 4. The maximum absolute atomic E-state index is 12.5. The molecule has 0 atom stereocenters. The van der Waals surface area contributed by atoms with Crippen LogP contribution in [0.15, 0.2) is 48.5 Å². The van der Waals surface area contributed by atoms with E-state index in [9.17, 15) is 29.4 Å². The first-order chi connectivity index (χ1) is 16.1. The fourth-order valence-corrected chi connectivity index (χ4v) is 3.31. The SMILES string of the molecule is Cc1ccccc1NC(=O)CN(CCN(CC(=O)O)CC(=O)Nc1ccccc1C)CC(=O)O. The van der Waals surface area contributed by atoms with Crippen molar-refractivity contribution in [3.8, 4) is 0 Å². The van der Waals surface area contributed by atoms with E-state index in [2.05, 4.69) is 10.6 Å². The predicted octanol–water partition coefficient (Wildman–Crippen LogP) is 1.65. The van der Waals surface area contributed by atoms with Crippen molar-refractivity contribution in [1.29, 1.82) is 0 Å². The summed E-state index contributed by atoms with van der Waals surface area (Å²) in [5.41, 5.74) is 2.99. The van der Waals surface area contributed by atoms with E-state index in [0.717, 1.165) is 11.1 Å². The minimum Gasteiger partial charge on any atom is -0.480 e. The molecule has 0 heterocycles. The van der Waals surface area contributed by atoms with Crippen molar-refractivity contribution >= 4 is 35.1 Å². The van der Waals surface area contributed by atoms with Crippen LogP contribution in [-0.2, 0) is 19.2 Å². The lowest BCUT2D eigenvalue weighted by atomic mass is 10.2. The average Bonchev–Trinajstić information content (AvgIpc) is 2.74. The summed E-state index contributed by atoms with van der Waals surface area (Å²) in [7, 11) is 0. The number of nitrogens with one attached hydrogen (secondary N) is 2. The number of para-hydroxylation sites is 2. The Bertz CT molecular complexity index is 945. The van der Waals surface area contributed by atoms with E-state index in [1.165, 1.54) is 9.80 Å². The molecule has 0 unspecified atom stereocenters. The number of amides is 2. The van der Waals surface area contributed by atoms with Crippen molar-refractivity contribution in [2.24, 2.45) is 0 Å². The molecule has 4 N–H and O–H groups in total. The number of aryl methyl sites for hydroxylation is 2. The van der Waals surface area contributed by atoms with Gasteiger partial charge in [-0.3, -0.25) is 29.0 Å². The smallest absolute Gasteiger partial charge is 0.317 e. The highest BCUT2D eigenvalue weighted by Crippen LogP contribution is 2.14. The maximum Gasteiger partial charge on any atom is 0.317 e. The number of nitrogens with zero attached hydrogens (tertiary/aromatic N) is 2. The van der Waals surface area contributed by atoms with E-state index in [1.807, 2.05) is 38.1 Å². The van der Waals surface area contributed by atoms with Gasteiger partial charge in [0.1, 0.15) is 0 Å². The Morgan fingerprint density at radius 1 is 0.647 bits per heavy atom. The van der Waals surface area contributed by atoms with Gasteiger partial charge in [0.05, 0.1) is 26.2 Å². The molecule has 2 rings (SSSR count). The molecule has 0 aliphatic carbocycles. The number of carbonyl (C=O) groups excluding carboxylic acids is 2. The van der Waals surface area contributed by atoms with Crippen LogP contribution in [0.2, 0.25) is 0 Å². The second-order valence-corrected chi connectivity index (χ2v) is 7.93. The van der Waals surface area contributed by atoms with Gasteiger partial charge >= 0.3 is 11.9 Å². The number of carboxylic acids is 2. The summed E-state index contributed by atoms with van der Waals surface area (Å²) in [5.74, 6) is -3.02. The Morgan fingerprint density at radius 2 is 1.00 bits per heavy atom. The van der Waals surface area contributed by atoms with E-state index in [-0.39, 0.29) is 26.2 Å². The molecular weight excluding hydrogens is 440 g/mol. The van der Waals surface area contributed by atoms with Crippen molar-refractivity contribution < 1.29 is 29.4 Å². The Morgan fingerprint density at radius 3 is 1.32 bits per heavy atom. The van der Waals surface area contributed by atoms with Crippen LogP contribution < -0.4 is 10.6 Å². The lowest BCUT2D eigenvalue weighted by Gasteiger charge is -2.25. The van der Waals surface area contributed by atoms with Gasteiger partial charge in [-0.15, -0.1) is 0 Å². The lowest BCUT2D eigenvalue weighted by molar-refractivity contribution is -0.140. The van der Waals surface area contributed by atoms with Crippen LogP contribution in [0.1, 0.15) is 11.1 Å². The molecule has 34 heavy (non-hydrogen) atoms. The number of anilines is 2. The third-order valence-corrected chi connectivity index (χ3v) is 5.02. The van der Waals surface area contributed by atoms with E-state index in [1.54, 1.807) is 24.3 Å². The molecule has 0 saturated heterocycles. The molecule has 10 nitrogen and oxygen atoms in total. The van der Waals surface area contributed by atoms with Crippen molar-refractivity contribution in [3.05, 3.63) is 59.7 Å². The molecular formula is C24H30N4O6. The third-order valence-electron chi connectivity index (χ3n) is 5.02. The molecule has 0 fully saturated rings. The van der Waals surface area contributed by atoms with Crippen LogP contribution in [0.25, 0.3) is 0 Å². The Hall–Kier alpha value is -3.76. The topological polar surface area (TPSA) is 139 Å². The monoisotopic (exact) mass is 470 g/mol. The second kappa shape index (κ2) is 13.1. The van der Waals surface area contributed by atoms with Crippen molar-refractivity contribution in [1.82, 2.24) is 9.80 Å². The number of carboxylic acid groups (broad SMARTS) is 2. The second-order valence-electron chi connectivity index (χ2n) is 7.93. The first-order valence-electron chi connectivity index (χ1n) is 10.7. The van der Waals surface area contributed by atoms with Gasteiger partial charge < -0.3 is 20.8 Å². The number of aliphatic carboxylic acids is 2. The zero-order chi connectivity index (χ0) is 25.1. The minimum atomic E-state index is -1.12. The molecule has 0 spiro atoms. The zero-order valence-corrected chi connectivity index (χ0v) is 19.3. The Labute approximate surface area is 198 Å². The molecule has 0 aromatic heterocycles. The first kappa shape index (κ1) is 26.5. The van der Waals surface area contributed by atoms with Crippen LogP contribution in [0, 0.1) is 13.8 Å². The summed E-state index contributed by atoms with van der Waals surface area (Å²) < 4.78 is 0. The van der Waals surface area contributed by atoms with Crippen LogP contribution >= 0.6 is 0 Å². The number of carbonyl (C=O) groups is 4. The van der Waals surface area contributed by atoms with Crippen LogP contribution in [0.5, 0.6) is 0 Å². The molecule has 0 saturated carbocycles. The van der Waals surface area contributed by atoms with E-state index in [0.29, 0.717) is 11.4 Å². The van der Waals surface area contributed by atoms with Gasteiger partial charge in [-0.2, -0.15) is 0 Å². The van der Waals surface area contributed by atoms with Gasteiger partial charge in [0, 0.05) is 24.5 Å². The molecule has 10 heteroatoms. The van der Waals surface area contributed by atoms with Crippen molar-refractivity contribution in [2.45, 2.75) is 13.8 Å². The lowest BCUT2D eigenvalue weighted by Crippen LogP contribution is -2.44. The average molecular weight is 471 g/mol. The fraction of sp³-hybridized carbons (Fsp3) is 0.333. The third kappa shape index (κ3) is 9.39. The van der Waals surface area contributed by atoms with Gasteiger partial charge in [-0.05, 0) is 37.1 Å². The summed E-state index contributed by atoms with van der Waals surface area (Å²) >= 11 is 0. The summed E-state index contributed by atoms with van der Waals surface area (Å²) in [5, 5.41) is 24.0. The van der Waals surface area contributed by atoms with E-state index < -0.39 is 36.8 Å². The van der Waals surface area contributed by atoms with Gasteiger partial charge in [0.2, 0.25) is 11.8 Å².